The van der Waals surface area contributed by atoms with Gasteiger partial charge in [0.15, 0.2) is 0 Å². The maximum Gasteiger partial charge on any atom is 0.261 e. The highest BCUT2D eigenvalue weighted by atomic mass is 127. The summed E-state index contributed by atoms with van der Waals surface area (Å²) in [6.45, 7) is 3.33. The van der Waals surface area contributed by atoms with Crippen LogP contribution in [0.5, 0.6) is 0 Å². The monoisotopic (exact) mass is 730 g/mol. The van der Waals surface area contributed by atoms with Crippen LogP contribution in [-0.2, 0) is 0 Å². The number of aromatic nitrogens is 2. The quantitative estimate of drug-likeness (QED) is 0.177. The maximum absolute atomic E-state index is 13.3. The Labute approximate surface area is 243 Å². The Morgan fingerprint density at radius 3 is 1.45 bits per heavy atom. The van der Waals surface area contributed by atoms with E-state index >= 15 is 0 Å². The van der Waals surface area contributed by atoms with Gasteiger partial charge in [-0.05, 0) is 108 Å². The van der Waals surface area contributed by atoms with Gasteiger partial charge in [-0.15, -0.1) is 0 Å². The molecule has 10 heteroatoms. The van der Waals surface area contributed by atoms with Gasteiger partial charge in [0.05, 0.1) is 11.4 Å². The first kappa shape index (κ1) is 26.1. The zero-order valence-electron chi connectivity index (χ0n) is 20.2. The number of pyridine rings is 2. The highest BCUT2D eigenvalue weighted by molar-refractivity contribution is 14.1. The first-order chi connectivity index (χ1) is 18.1. The number of hydrogen-bond acceptors (Lipinski definition) is 4. The third kappa shape index (κ3) is 4.85. The van der Waals surface area contributed by atoms with Gasteiger partial charge in [-0.3, -0.25) is 19.2 Å². The van der Waals surface area contributed by atoms with Crippen LogP contribution in [-0.4, -0.2) is 21.8 Å². The van der Waals surface area contributed by atoms with Crippen molar-refractivity contribution in [3.05, 3.63) is 111 Å². The van der Waals surface area contributed by atoms with Crippen molar-refractivity contribution in [3.8, 4) is 0 Å². The van der Waals surface area contributed by atoms with E-state index in [1.54, 1.807) is 62.4 Å². The average Bonchev–Trinajstić information content (AvgIpc) is 2.86. The number of nitrogens with one attached hydrogen (secondary N) is 4. The van der Waals surface area contributed by atoms with Crippen molar-refractivity contribution in [2.45, 2.75) is 13.8 Å². The number of carbonyl (C=O) groups is 2. The van der Waals surface area contributed by atoms with Gasteiger partial charge in [-0.1, -0.05) is 12.1 Å². The van der Waals surface area contributed by atoms with Crippen molar-refractivity contribution in [3.63, 3.8) is 0 Å². The van der Waals surface area contributed by atoms with Crippen molar-refractivity contribution in [2.24, 2.45) is 0 Å². The van der Waals surface area contributed by atoms with Crippen molar-refractivity contribution in [1.29, 1.82) is 0 Å². The Morgan fingerprint density at radius 2 is 1.05 bits per heavy atom. The molecule has 8 nitrogen and oxygen atoms in total. The number of anilines is 2. The Bertz CT molecular complexity index is 1770. The van der Waals surface area contributed by atoms with Gasteiger partial charge in [-0.2, -0.15) is 0 Å². The molecule has 38 heavy (non-hydrogen) atoms. The molecule has 5 rings (SSSR count). The second-order valence-electron chi connectivity index (χ2n) is 8.74. The largest absolute Gasteiger partial charge is 0.358 e. The lowest BCUT2D eigenvalue weighted by Gasteiger charge is -2.14. The molecule has 2 amide bonds. The lowest BCUT2D eigenvalue weighted by atomic mass is 10.1. The number of carbonyl (C=O) groups excluding carboxylic acids is 2. The predicted molar refractivity (Wildman–Crippen MR) is 166 cm³/mol. The first-order valence-corrected chi connectivity index (χ1v) is 13.7. The summed E-state index contributed by atoms with van der Waals surface area (Å²) in [5.74, 6) is -1.22. The smallest absolute Gasteiger partial charge is 0.261 e. The second kappa shape index (κ2) is 10.3. The first-order valence-electron chi connectivity index (χ1n) is 11.5. The van der Waals surface area contributed by atoms with Crippen LogP contribution in [0.3, 0.4) is 0 Å². The van der Waals surface area contributed by atoms with E-state index in [0.717, 1.165) is 7.14 Å². The molecule has 0 unspecified atom stereocenters. The minimum Gasteiger partial charge on any atom is -0.358 e. The minimum atomic E-state index is -0.611. The van der Waals surface area contributed by atoms with E-state index in [2.05, 4.69) is 65.8 Å². The zero-order valence-corrected chi connectivity index (χ0v) is 24.5. The Morgan fingerprint density at radius 1 is 0.658 bits per heavy atom. The third-order valence-electron chi connectivity index (χ3n) is 6.18. The third-order valence-corrected chi connectivity index (χ3v) is 7.52. The van der Waals surface area contributed by atoms with Crippen LogP contribution in [0.15, 0.2) is 70.3 Å². The van der Waals surface area contributed by atoms with E-state index < -0.39 is 11.8 Å². The molecular weight excluding hydrogens is 710 g/mol. The maximum atomic E-state index is 13.3. The van der Waals surface area contributed by atoms with Crippen LogP contribution in [0.1, 0.15) is 32.1 Å². The van der Waals surface area contributed by atoms with Crippen LogP contribution in [0.25, 0.3) is 21.8 Å². The molecule has 0 aliphatic rings. The van der Waals surface area contributed by atoms with Crippen LogP contribution in [0.2, 0.25) is 0 Å². The molecule has 2 heterocycles. The van der Waals surface area contributed by atoms with Crippen molar-refractivity contribution in [1.82, 2.24) is 9.97 Å². The van der Waals surface area contributed by atoms with Gasteiger partial charge in [0.2, 0.25) is 10.9 Å². The number of fused-ring (bicyclic) bond motifs is 2. The second-order valence-corrected chi connectivity index (χ2v) is 11.2. The SMILES string of the molecule is Cc1[nH]c2ccc(I)cc2c(=O)c1C(=O)Nc1ccccc1NC(=O)c1c(C)[nH]c2ccc(I)cc2c1=O. The van der Waals surface area contributed by atoms with Gasteiger partial charge in [-0.25, -0.2) is 0 Å². The fourth-order valence-electron chi connectivity index (χ4n) is 4.38. The molecule has 2 aromatic heterocycles. The Hall–Kier alpha value is -3.52. The molecule has 0 atom stereocenters. The fourth-order valence-corrected chi connectivity index (χ4v) is 5.37. The molecule has 0 fully saturated rings. The van der Waals surface area contributed by atoms with Gasteiger partial charge in [0, 0.05) is 40.3 Å². The van der Waals surface area contributed by atoms with E-state index in [4.69, 9.17) is 0 Å². The molecule has 0 saturated heterocycles. The van der Waals surface area contributed by atoms with Crippen LogP contribution < -0.4 is 21.5 Å². The van der Waals surface area contributed by atoms with Crippen LogP contribution >= 0.6 is 45.2 Å². The topological polar surface area (TPSA) is 124 Å². The van der Waals surface area contributed by atoms with Gasteiger partial charge >= 0.3 is 0 Å². The number of benzene rings is 3. The van der Waals surface area contributed by atoms with Crippen molar-refractivity contribution >= 4 is 90.2 Å². The van der Waals surface area contributed by atoms with Gasteiger partial charge < -0.3 is 20.6 Å². The normalized spacial score (nSPS) is 11.1. The molecule has 0 saturated carbocycles. The highest BCUT2D eigenvalue weighted by Gasteiger charge is 2.21. The summed E-state index contributed by atoms with van der Waals surface area (Å²) in [6.07, 6.45) is 0. The van der Waals surface area contributed by atoms with Crippen molar-refractivity contribution in [2.75, 3.05) is 10.6 Å². The Balaban J connectivity index is 1.49. The molecule has 5 aromatic rings. The van der Waals surface area contributed by atoms with E-state index in [1.165, 1.54) is 0 Å². The lowest BCUT2D eigenvalue weighted by Crippen LogP contribution is -2.26. The molecule has 3 aromatic carbocycles. The number of halogens is 2. The fraction of sp³-hybridized carbons (Fsp3) is 0.0714. The molecule has 0 aliphatic heterocycles. The summed E-state index contributed by atoms with van der Waals surface area (Å²) in [5.41, 5.74) is 1.91. The molecule has 0 aliphatic carbocycles. The lowest BCUT2D eigenvalue weighted by molar-refractivity contribution is 0.101. The summed E-state index contributed by atoms with van der Waals surface area (Å²) in [4.78, 5) is 59.2. The van der Waals surface area contributed by atoms with E-state index in [0.29, 0.717) is 33.2 Å². The van der Waals surface area contributed by atoms with E-state index in [9.17, 15) is 19.2 Å². The highest BCUT2D eigenvalue weighted by Crippen LogP contribution is 2.24. The summed E-state index contributed by atoms with van der Waals surface area (Å²) in [6, 6.07) is 17.4. The average molecular weight is 730 g/mol. The molecule has 4 N–H and O–H groups in total. The molecule has 0 bridgehead atoms. The molecule has 0 spiro atoms. The summed E-state index contributed by atoms with van der Waals surface area (Å²) in [5, 5.41) is 6.32. The van der Waals surface area contributed by atoms with Crippen LogP contribution in [0, 0.1) is 21.0 Å². The van der Waals surface area contributed by atoms with E-state index in [-0.39, 0.29) is 33.4 Å². The number of amides is 2. The Kier molecular flexibility index (Phi) is 7.09. The summed E-state index contributed by atoms with van der Waals surface area (Å²) < 4.78 is 1.75. The molecule has 0 radical (unpaired) electrons. The zero-order chi connectivity index (χ0) is 27.1. The number of rotatable bonds is 4. The minimum absolute atomic E-state index is 0.0166. The summed E-state index contributed by atoms with van der Waals surface area (Å²) >= 11 is 4.23. The number of aryl methyl sites for hydroxylation is 2. The van der Waals surface area contributed by atoms with Crippen LogP contribution in [0.4, 0.5) is 11.4 Å². The summed E-state index contributed by atoms with van der Waals surface area (Å²) in [7, 11) is 0. The molecule has 190 valence electrons. The number of H-pyrrole nitrogens is 2. The number of hydrogen-bond donors (Lipinski definition) is 4. The predicted octanol–water partition coefficient (Wildman–Crippen LogP) is 5.70. The number of aromatic amines is 2. The van der Waals surface area contributed by atoms with Gasteiger partial charge in [0.25, 0.3) is 11.8 Å². The van der Waals surface area contributed by atoms with Crippen molar-refractivity contribution < 1.29 is 9.59 Å². The van der Waals surface area contributed by atoms with E-state index in [1.807, 2.05) is 12.1 Å². The molecular formula is C28H20I2N4O4. The standard InChI is InChI=1S/C28H20I2N4O4/c1-13-23(25(35)17-11-15(29)7-9-19(17)31-13)27(37)33-21-5-3-4-6-22(21)34-28(38)24-14(2)32-20-10-8-16(30)12-18(20)26(24)36/h3-12H,1-2H3,(H,31,35)(H,32,36)(H,33,37)(H,34,38). The number of para-hydroxylation sites is 2. The van der Waals surface area contributed by atoms with Gasteiger partial charge in [0.1, 0.15) is 11.1 Å².